The molecule has 1 heterocycles. The van der Waals surface area contributed by atoms with Gasteiger partial charge in [0.05, 0.1) is 10.4 Å². The summed E-state index contributed by atoms with van der Waals surface area (Å²) in [6, 6.07) is 2.21. The van der Waals surface area contributed by atoms with Crippen LogP contribution in [-0.2, 0) is 6.18 Å². The Kier molecular flexibility index (Phi) is 3.36. The van der Waals surface area contributed by atoms with Crippen LogP contribution in [0.2, 0.25) is 0 Å². The number of benzene rings is 1. The van der Waals surface area contributed by atoms with E-state index >= 15 is 0 Å². The second-order valence-corrected chi connectivity index (χ2v) is 4.51. The Labute approximate surface area is 107 Å². The molecule has 1 aromatic heterocycles. The number of aromatic nitrogens is 1. The Morgan fingerprint density at radius 3 is 2.42 bits per heavy atom. The largest absolute Gasteiger partial charge is 0.443 e. The molecule has 2 aromatic rings. The van der Waals surface area contributed by atoms with Crippen LogP contribution in [0.3, 0.4) is 0 Å². The zero-order valence-electron chi connectivity index (χ0n) is 8.96. The third kappa shape index (κ3) is 2.78. The van der Waals surface area contributed by atoms with Crippen molar-refractivity contribution in [1.82, 2.24) is 4.98 Å². The molecule has 0 aliphatic carbocycles. The summed E-state index contributed by atoms with van der Waals surface area (Å²) in [6.45, 7) is 0. The molecule has 0 saturated heterocycles. The fourth-order valence-electron chi connectivity index (χ4n) is 1.32. The van der Waals surface area contributed by atoms with E-state index in [2.05, 4.69) is 4.98 Å². The standard InChI is InChI=1S/C11H4F5NOS/c12-5-1-2-6(7(13)3-5)9(18)8-4-17-10(19-8)11(14,15)16/h1-4H. The van der Waals surface area contributed by atoms with E-state index in [4.69, 9.17) is 0 Å². The van der Waals surface area contributed by atoms with Gasteiger partial charge < -0.3 is 0 Å². The smallest absolute Gasteiger partial charge is 0.288 e. The highest BCUT2D eigenvalue weighted by Crippen LogP contribution is 2.33. The van der Waals surface area contributed by atoms with E-state index in [-0.39, 0.29) is 16.2 Å². The molecular formula is C11H4F5NOS. The number of thiazole rings is 1. The van der Waals surface area contributed by atoms with E-state index in [1.165, 1.54) is 0 Å². The van der Waals surface area contributed by atoms with Crippen molar-refractivity contribution >= 4 is 17.1 Å². The fraction of sp³-hybridized carbons (Fsp3) is 0.0909. The van der Waals surface area contributed by atoms with Crippen LogP contribution < -0.4 is 0 Å². The molecule has 0 bridgehead atoms. The first-order valence-electron chi connectivity index (χ1n) is 4.82. The SMILES string of the molecule is O=C(c1cnc(C(F)(F)F)s1)c1ccc(F)cc1F. The zero-order valence-corrected chi connectivity index (χ0v) is 9.78. The average Bonchev–Trinajstić information content (AvgIpc) is 2.76. The molecule has 0 radical (unpaired) electrons. The molecule has 2 rings (SSSR count). The van der Waals surface area contributed by atoms with Crippen LogP contribution >= 0.6 is 11.3 Å². The summed E-state index contributed by atoms with van der Waals surface area (Å²) >= 11 is 0.110. The van der Waals surface area contributed by atoms with Crippen LogP contribution in [0.25, 0.3) is 0 Å². The normalized spacial score (nSPS) is 11.6. The minimum atomic E-state index is -4.66. The van der Waals surface area contributed by atoms with Gasteiger partial charge in [-0.3, -0.25) is 4.79 Å². The number of halogens is 5. The van der Waals surface area contributed by atoms with E-state index in [9.17, 15) is 26.7 Å². The minimum Gasteiger partial charge on any atom is -0.288 e. The monoisotopic (exact) mass is 293 g/mol. The number of alkyl halides is 3. The van der Waals surface area contributed by atoms with Gasteiger partial charge >= 0.3 is 6.18 Å². The Bertz CT molecular complexity index is 634. The van der Waals surface area contributed by atoms with Gasteiger partial charge in [0.1, 0.15) is 11.6 Å². The molecule has 0 aliphatic heterocycles. The molecule has 19 heavy (non-hydrogen) atoms. The zero-order chi connectivity index (χ0) is 14.2. The maximum Gasteiger partial charge on any atom is 0.443 e. The number of hydrogen-bond donors (Lipinski definition) is 0. The second-order valence-electron chi connectivity index (χ2n) is 3.48. The number of ketones is 1. The molecular weight excluding hydrogens is 289 g/mol. The molecule has 1 aromatic carbocycles. The van der Waals surface area contributed by atoms with Crippen LogP contribution in [-0.4, -0.2) is 10.8 Å². The third-order valence-corrected chi connectivity index (χ3v) is 3.19. The van der Waals surface area contributed by atoms with Crippen LogP contribution in [0, 0.1) is 11.6 Å². The number of rotatable bonds is 2. The summed E-state index contributed by atoms with van der Waals surface area (Å²) in [5.41, 5.74) is -0.501. The van der Waals surface area contributed by atoms with Gasteiger partial charge in [-0.05, 0) is 12.1 Å². The lowest BCUT2D eigenvalue weighted by molar-refractivity contribution is -0.137. The van der Waals surface area contributed by atoms with Crippen molar-refractivity contribution in [3.05, 3.63) is 51.5 Å². The van der Waals surface area contributed by atoms with Crippen molar-refractivity contribution < 1.29 is 26.7 Å². The molecule has 8 heteroatoms. The van der Waals surface area contributed by atoms with Gasteiger partial charge in [0.2, 0.25) is 5.78 Å². The lowest BCUT2D eigenvalue weighted by atomic mass is 10.1. The van der Waals surface area contributed by atoms with Crippen LogP contribution in [0.5, 0.6) is 0 Å². The van der Waals surface area contributed by atoms with Crippen molar-refractivity contribution in [2.24, 2.45) is 0 Å². The highest BCUT2D eigenvalue weighted by atomic mass is 32.1. The van der Waals surface area contributed by atoms with E-state index in [1.54, 1.807) is 0 Å². The summed E-state index contributed by atoms with van der Waals surface area (Å²) in [5, 5.41) is -1.20. The number of hydrogen-bond acceptors (Lipinski definition) is 3. The van der Waals surface area contributed by atoms with Crippen molar-refractivity contribution in [3.63, 3.8) is 0 Å². The van der Waals surface area contributed by atoms with Crippen molar-refractivity contribution in [1.29, 1.82) is 0 Å². The van der Waals surface area contributed by atoms with E-state index in [0.717, 1.165) is 18.3 Å². The van der Waals surface area contributed by atoms with Crippen molar-refractivity contribution in [2.45, 2.75) is 6.18 Å². The first-order valence-corrected chi connectivity index (χ1v) is 5.63. The van der Waals surface area contributed by atoms with Gasteiger partial charge in [0, 0.05) is 12.3 Å². The van der Waals surface area contributed by atoms with Crippen LogP contribution in [0.4, 0.5) is 22.0 Å². The quantitative estimate of drug-likeness (QED) is 0.624. The molecule has 0 N–H and O–H groups in total. The highest BCUT2D eigenvalue weighted by molar-refractivity contribution is 7.13. The molecule has 0 unspecified atom stereocenters. The lowest BCUT2D eigenvalue weighted by Gasteiger charge is -2.00. The molecule has 0 fully saturated rings. The fourth-order valence-corrected chi connectivity index (χ4v) is 2.05. The maximum atomic E-state index is 13.3. The first kappa shape index (κ1) is 13.6. The summed E-state index contributed by atoms with van der Waals surface area (Å²) < 4.78 is 62.9. The molecule has 0 saturated carbocycles. The lowest BCUT2D eigenvalue weighted by Crippen LogP contribution is -2.03. The molecule has 100 valence electrons. The maximum absolute atomic E-state index is 13.3. The molecule has 0 spiro atoms. The Morgan fingerprint density at radius 1 is 1.21 bits per heavy atom. The van der Waals surface area contributed by atoms with Crippen molar-refractivity contribution in [2.75, 3.05) is 0 Å². The van der Waals surface area contributed by atoms with Gasteiger partial charge in [-0.1, -0.05) is 0 Å². The Hall–Kier alpha value is -1.83. The van der Waals surface area contributed by atoms with Crippen LogP contribution in [0.1, 0.15) is 20.2 Å². The summed E-state index contributed by atoms with van der Waals surface area (Å²) in [5.74, 6) is -2.98. The molecule has 2 nitrogen and oxygen atoms in total. The van der Waals surface area contributed by atoms with E-state index < -0.39 is 34.2 Å². The Morgan fingerprint density at radius 2 is 1.89 bits per heavy atom. The first-order chi connectivity index (χ1) is 8.79. The van der Waals surface area contributed by atoms with Crippen LogP contribution in [0.15, 0.2) is 24.4 Å². The second kappa shape index (κ2) is 4.69. The number of carbonyl (C=O) groups is 1. The van der Waals surface area contributed by atoms with Crippen molar-refractivity contribution in [3.8, 4) is 0 Å². The van der Waals surface area contributed by atoms with E-state index in [0.29, 0.717) is 6.07 Å². The van der Waals surface area contributed by atoms with Gasteiger partial charge in [0.15, 0.2) is 5.01 Å². The molecule has 0 amide bonds. The Balaban J connectivity index is 2.37. The van der Waals surface area contributed by atoms with Gasteiger partial charge in [-0.2, -0.15) is 13.2 Å². The number of nitrogens with zero attached hydrogens (tertiary/aromatic N) is 1. The topological polar surface area (TPSA) is 30.0 Å². The minimum absolute atomic E-state index is 0.110. The summed E-state index contributed by atoms with van der Waals surface area (Å²) in [7, 11) is 0. The summed E-state index contributed by atoms with van der Waals surface area (Å²) in [6.07, 6.45) is -3.94. The number of carbonyl (C=O) groups excluding carboxylic acids is 1. The predicted octanol–water partition coefficient (Wildman–Crippen LogP) is 3.67. The molecule has 0 atom stereocenters. The predicted molar refractivity (Wildman–Crippen MR) is 56.9 cm³/mol. The van der Waals surface area contributed by atoms with Gasteiger partial charge in [0.25, 0.3) is 0 Å². The van der Waals surface area contributed by atoms with Gasteiger partial charge in [-0.25, -0.2) is 13.8 Å². The van der Waals surface area contributed by atoms with E-state index in [1.807, 2.05) is 0 Å². The van der Waals surface area contributed by atoms with Gasteiger partial charge in [-0.15, -0.1) is 11.3 Å². The third-order valence-electron chi connectivity index (χ3n) is 2.15. The average molecular weight is 293 g/mol. The summed E-state index contributed by atoms with van der Waals surface area (Å²) in [4.78, 5) is 14.5. The highest BCUT2D eigenvalue weighted by Gasteiger charge is 2.35. The molecule has 0 aliphatic rings.